The summed E-state index contributed by atoms with van der Waals surface area (Å²) in [7, 11) is -3.25. The van der Waals surface area contributed by atoms with Gasteiger partial charge >= 0.3 is 0 Å². The number of aromatic amines is 1. The number of carbonyl (C=O) groups is 1. The van der Waals surface area contributed by atoms with E-state index >= 15 is 0 Å². The highest BCUT2D eigenvalue weighted by Crippen LogP contribution is 2.24. The first-order valence-corrected chi connectivity index (χ1v) is 11.8. The van der Waals surface area contributed by atoms with E-state index in [1.165, 1.54) is 5.41 Å². The summed E-state index contributed by atoms with van der Waals surface area (Å²) in [6.45, 7) is 0.354. The minimum atomic E-state index is -3.25. The predicted octanol–water partition coefficient (Wildman–Crippen LogP) is 3.60. The molecule has 3 aromatic rings. The molecule has 1 atom stereocenters. The first-order chi connectivity index (χ1) is 13.9. The molecular weight excluding hydrogens is 454 g/mol. The predicted molar refractivity (Wildman–Crippen MR) is 116 cm³/mol. The number of carbonyl (C=O) groups excluding carboxylic acids is 1. The Labute approximate surface area is 177 Å². The number of nitrogens with zero attached hydrogens (tertiary/aromatic N) is 2. The molecule has 8 heteroatoms. The number of aryl methyl sites for hydroxylation is 1. The van der Waals surface area contributed by atoms with Crippen LogP contribution in [0, 0.1) is 0 Å². The van der Waals surface area contributed by atoms with Crippen LogP contribution >= 0.6 is 15.9 Å². The smallest absolute Gasteiger partial charge is 0.223 e. The maximum Gasteiger partial charge on any atom is 0.223 e. The van der Waals surface area contributed by atoms with E-state index in [2.05, 4.69) is 25.9 Å². The Bertz CT molecular complexity index is 1170. The van der Waals surface area contributed by atoms with Crippen LogP contribution in [0.15, 0.2) is 64.9 Å². The second-order valence-electron chi connectivity index (χ2n) is 7.11. The molecule has 0 aliphatic carbocycles. The first kappa shape index (κ1) is 19.8. The quantitative estimate of drug-likeness (QED) is 0.592. The SMILES string of the molecule is O=C(CCc1c[nH]c2cc(Br)ccc12)N(Cc1ccncc1)C1C=CS(=O)(=O)C1. The fraction of sp³-hybridized carbons (Fsp3) is 0.238. The van der Waals surface area contributed by atoms with Crippen LogP contribution < -0.4 is 0 Å². The number of H-pyrrole nitrogens is 1. The van der Waals surface area contributed by atoms with Gasteiger partial charge in [-0.15, -0.1) is 0 Å². The topological polar surface area (TPSA) is 83.1 Å². The number of hydrogen-bond acceptors (Lipinski definition) is 4. The molecule has 29 heavy (non-hydrogen) atoms. The molecule has 0 saturated heterocycles. The molecular formula is C21H20BrN3O3S. The van der Waals surface area contributed by atoms with E-state index in [4.69, 9.17) is 0 Å². The largest absolute Gasteiger partial charge is 0.361 e. The van der Waals surface area contributed by atoms with Crippen molar-refractivity contribution in [3.05, 3.63) is 76.0 Å². The van der Waals surface area contributed by atoms with Crippen LogP contribution in [0.4, 0.5) is 0 Å². The fourth-order valence-electron chi connectivity index (χ4n) is 3.58. The lowest BCUT2D eigenvalue weighted by atomic mass is 10.1. The van der Waals surface area contributed by atoms with Gasteiger partial charge in [-0.05, 0) is 47.9 Å². The van der Waals surface area contributed by atoms with Gasteiger partial charge in [0, 0.05) is 52.3 Å². The molecule has 0 spiro atoms. The Morgan fingerprint density at radius 3 is 2.76 bits per heavy atom. The second-order valence-corrected chi connectivity index (χ2v) is 9.95. The molecule has 0 fully saturated rings. The summed E-state index contributed by atoms with van der Waals surface area (Å²) in [5.41, 5.74) is 3.00. The summed E-state index contributed by atoms with van der Waals surface area (Å²) in [6, 6.07) is 9.24. The third kappa shape index (κ3) is 4.59. The summed E-state index contributed by atoms with van der Waals surface area (Å²) < 4.78 is 24.8. The lowest BCUT2D eigenvalue weighted by Crippen LogP contribution is -2.40. The van der Waals surface area contributed by atoms with Crippen LogP contribution in [-0.2, 0) is 27.6 Å². The molecule has 150 valence electrons. The first-order valence-electron chi connectivity index (χ1n) is 9.26. The summed E-state index contributed by atoms with van der Waals surface area (Å²) in [5, 5.41) is 2.30. The number of aromatic nitrogens is 2. The van der Waals surface area contributed by atoms with Crippen LogP contribution in [0.3, 0.4) is 0 Å². The van der Waals surface area contributed by atoms with E-state index < -0.39 is 15.9 Å². The van der Waals surface area contributed by atoms with Crippen molar-refractivity contribution in [2.45, 2.75) is 25.4 Å². The van der Waals surface area contributed by atoms with E-state index in [0.29, 0.717) is 19.4 Å². The maximum absolute atomic E-state index is 13.1. The number of hydrogen-bond donors (Lipinski definition) is 1. The van der Waals surface area contributed by atoms with Gasteiger partial charge in [-0.2, -0.15) is 0 Å². The molecule has 6 nitrogen and oxygen atoms in total. The molecule has 0 radical (unpaired) electrons. The van der Waals surface area contributed by atoms with E-state index in [9.17, 15) is 13.2 Å². The number of pyridine rings is 1. The van der Waals surface area contributed by atoms with Gasteiger partial charge in [0.2, 0.25) is 5.91 Å². The van der Waals surface area contributed by atoms with Crippen molar-refractivity contribution >= 4 is 42.6 Å². The van der Waals surface area contributed by atoms with Gasteiger partial charge in [0.05, 0.1) is 11.8 Å². The van der Waals surface area contributed by atoms with Crippen molar-refractivity contribution < 1.29 is 13.2 Å². The molecule has 1 aliphatic heterocycles. The summed E-state index contributed by atoms with van der Waals surface area (Å²) in [5.74, 6) is -0.134. The van der Waals surface area contributed by atoms with Crippen molar-refractivity contribution in [3.8, 4) is 0 Å². The van der Waals surface area contributed by atoms with E-state index in [1.807, 2.05) is 36.5 Å². The highest BCUT2D eigenvalue weighted by molar-refractivity contribution is 9.10. The van der Waals surface area contributed by atoms with E-state index in [0.717, 1.165) is 26.5 Å². The lowest BCUT2D eigenvalue weighted by molar-refractivity contribution is -0.132. The number of sulfone groups is 1. The van der Waals surface area contributed by atoms with Gasteiger partial charge in [0.15, 0.2) is 9.84 Å². The van der Waals surface area contributed by atoms with E-state index in [1.54, 1.807) is 23.4 Å². The summed E-state index contributed by atoms with van der Waals surface area (Å²) >= 11 is 3.46. The number of halogens is 1. The van der Waals surface area contributed by atoms with Gasteiger partial charge in [-0.3, -0.25) is 9.78 Å². The molecule has 3 heterocycles. The molecule has 1 aromatic carbocycles. The van der Waals surface area contributed by atoms with E-state index in [-0.39, 0.29) is 11.7 Å². The summed E-state index contributed by atoms with van der Waals surface area (Å²) in [4.78, 5) is 22.0. The molecule has 1 aliphatic rings. The minimum absolute atomic E-state index is 0.0645. The van der Waals surface area contributed by atoms with Crippen LogP contribution in [-0.4, -0.2) is 41.0 Å². The number of rotatable bonds is 6. The Morgan fingerprint density at radius 2 is 2.03 bits per heavy atom. The third-order valence-electron chi connectivity index (χ3n) is 5.07. The minimum Gasteiger partial charge on any atom is -0.361 e. The summed E-state index contributed by atoms with van der Waals surface area (Å²) in [6.07, 6.45) is 7.76. The molecule has 2 aromatic heterocycles. The molecule has 0 saturated carbocycles. The Kier molecular flexibility index (Phi) is 5.56. The average Bonchev–Trinajstić information content (AvgIpc) is 3.27. The van der Waals surface area contributed by atoms with Crippen LogP contribution in [0.2, 0.25) is 0 Å². The molecule has 1 amide bonds. The lowest BCUT2D eigenvalue weighted by Gasteiger charge is -2.27. The Morgan fingerprint density at radius 1 is 1.24 bits per heavy atom. The number of nitrogens with one attached hydrogen (secondary N) is 1. The van der Waals surface area contributed by atoms with Crippen LogP contribution in [0.1, 0.15) is 17.5 Å². The van der Waals surface area contributed by atoms with Crippen molar-refractivity contribution in [3.63, 3.8) is 0 Å². The second kappa shape index (κ2) is 8.12. The van der Waals surface area contributed by atoms with Gasteiger partial charge in [0.1, 0.15) is 0 Å². The normalized spacial score (nSPS) is 17.6. The van der Waals surface area contributed by atoms with Gasteiger partial charge in [0.25, 0.3) is 0 Å². The third-order valence-corrected chi connectivity index (χ3v) is 6.94. The molecule has 4 rings (SSSR count). The van der Waals surface area contributed by atoms with Crippen molar-refractivity contribution in [1.82, 2.24) is 14.9 Å². The zero-order valence-corrected chi connectivity index (χ0v) is 18.0. The maximum atomic E-state index is 13.1. The monoisotopic (exact) mass is 473 g/mol. The molecule has 1 N–H and O–H groups in total. The van der Waals surface area contributed by atoms with Crippen molar-refractivity contribution in [2.75, 3.05) is 5.75 Å². The molecule has 1 unspecified atom stereocenters. The van der Waals surface area contributed by atoms with Gasteiger partial charge in [-0.25, -0.2) is 8.42 Å². The van der Waals surface area contributed by atoms with Crippen LogP contribution in [0.5, 0.6) is 0 Å². The number of benzene rings is 1. The fourth-order valence-corrected chi connectivity index (χ4v) is 5.24. The van der Waals surface area contributed by atoms with Gasteiger partial charge in [-0.1, -0.05) is 22.0 Å². The standard InChI is InChI=1S/C21H20BrN3O3S/c22-17-2-3-19-16(12-24-20(19)11-17)1-4-21(26)25(13-15-5-8-23-9-6-15)18-7-10-29(27,28)14-18/h2-3,5-12,18,24H,1,4,13-14H2. The zero-order chi connectivity index (χ0) is 20.4. The zero-order valence-electron chi connectivity index (χ0n) is 15.6. The number of fused-ring (bicyclic) bond motifs is 1. The number of amides is 1. The Hall–Kier alpha value is -2.45. The van der Waals surface area contributed by atoms with Gasteiger partial charge < -0.3 is 9.88 Å². The van der Waals surface area contributed by atoms with Crippen molar-refractivity contribution in [2.24, 2.45) is 0 Å². The van der Waals surface area contributed by atoms with Crippen LogP contribution in [0.25, 0.3) is 10.9 Å². The Balaban J connectivity index is 1.52. The van der Waals surface area contributed by atoms with Crippen molar-refractivity contribution in [1.29, 1.82) is 0 Å². The highest BCUT2D eigenvalue weighted by atomic mass is 79.9. The average molecular weight is 474 g/mol. The molecule has 0 bridgehead atoms. The highest BCUT2D eigenvalue weighted by Gasteiger charge is 2.30.